The summed E-state index contributed by atoms with van der Waals surface area (Å²) in [7, 11) is 1.79. The van der Waals surface area contributed by atoms with Crippen molar-refractivity contribution in [1.29, 1.82) is 0 Å². The van der Waals surface area contributed by atoms with Crippen molar-refractivity contribution in [2.24, 2.45) is 17.8 Å². The first kappa shape index (κ1) is 20.0. The molecule has 28 heavy (non-hydrogen) atoms. The predicted molar refractivity (Wildman–Crippen MR) is 113 cm³/mol. The van der Waals surface area contributed by atoms with E-state index in [1.54, 1.807) is 30.2 Å². The zero-order valence-electron chi connectivity index (χ0n) is 16.6. The predicted octanol–water partition coefficient (Wildman–Crippen LogP) is 1.37. The van der Waals surface area contributed by atoms with Crippen LogP contribution in [0.4, 0.5) is 5.82 Å². The second kappa shape index (κ2) is 9.48. The SMILES string of the molecule is CC(/N=C\C=C(/N)c1cnn(C)c1N)NC1CCN(Cc2ccccn2)CC1. The number of nitrogens with one attached hydrogen (secondary N) is 1. The third kappa shape index (κ3) is 5.40. The Kier molecular flexibility index (Phi) is 6.78. The lowest BCUT2D eigenvalue weighted by Gasteiger charge is -2.33. The molecule has 150 valence electrons. The van der Waals surface area contributed by atoms with Gasteiger partial charge in [0.1, 0.15) is 5.82 Å². The number of likely N-dealkylation sites (tertiary alicyclic amines) is 1. The monoisotopic (exact) mass is 382 g/mol. The van der Waals surface area contributed by atoms with E-state index in [0.29, 0.717) is 17.6 Å². The number of aryl methyl sites for hydroxylation is 1. The first-order valence-corrected chi connectivity index (χ1v) is 9.68. The van der Waals surface area contributed by atoms with Gasteiger partial charge in [0, 0.05) is 50.8 Å². The summed E-state index contributed by atoms with van der Waals surface area (Å²) in [6.45, 7) is 5.11. The summed E-state index contributed by atoms with van der Waals surface area (Å²) in [4.78, 5) is 11.4. The molecule has 0 radical (unpaired) electrons. The van der Waals surface area contributed by atoms with Gasteiger partial charge < -0.3 is 11.5 Å². The average molecular weight is 383 g/mol. The summed E-state index contributed by atoms with van der Waals surface area (Å²) >= 11 is 0. The van der Waals surface area contributed by atoms with Crippen LogP contribution in [0.3, 0.4) is 0 Å². The van der Waals surface area contributed by atoms with Gasteiger partial charge in [0.2, 0.25) is 0 Å². The average Bonchev–Trinajstić information content (AvgIpc) is 3.03. The standard InChI is InChI=1S/C20H30N8/c1-15(23-10-6-19(21)18-13-25-27(2)20(18)22)26-16-7-11-28(12-8-16)14-17-5-3-4-9-24-17/h3-6,9-10,13,15-16,26H,7-8,11-12,14,21-22H2,1-2H3/b19-6-,23-10-. The number of aromatic nitrogens is 3. The van der Waals surface area contributed by atoms with Gasteiger partial charge in [-0.15, -0.1) is 0 Å². The zero-order chi connectivity index (χ0) is 19.9. The van der Waals surface area contributed by atoms with E-state index in [-0.39, 0.29) is 6.17 Å². The lowest BCUT2D eigenvalue weighted by atomic mass is 10.0. The van der Waals surface area contributed by atoms with E-state index in [4.69, 9.17) is 11.5 Å². The Morgan fingerprint density at radius 3 is 2.82 bits per heavy atom. The van der Waals surface area contributed by atoms with Crippen LogP contribution in [0.5, 0.6) is 0 Å². The van der Waals surface area contributed by atoms with E-state index in [1.165, 1.54) is 0 Å². The molecule has 5 N–H and O–H groups in total. The van der Waals surface area contributed by atoms with Crippen LogP contribution in [0.2, 0.25) is 0 Å². The maximum atomic E-state index is 6.06. The Bertz CT molecular complexity index is 803. The van der Waals surface area contributed by atoms with Crippen molar-refractivity contribution >= 4 is 17.7 Å². The van der Waals surface area contributed by atoms with Gasteiger partial charge in [-0.1, -0.05) is 6.07 Å². The highest BCUT2D eigenvalue weighted by Gasteiger charge is 2.20. The number of nitrogens with two attached hydrogens (primary N) is 2. The number of pyridine rings is 1. The van der Waals surface area contributed by atoms with E-state index in [2.05, 4.69) is 38.3 Å². The number of anilines is 1. The van der Waals surface area contributed by atoms with Crippen molar-refractivity contribution in [1.82, 2.24) is 25.0 Å². The van der Waals surface area contributed by atoms with Crippen LogP contribution < -0.4 is 16.8 Å². The van der Waals surface area contributed by atoms with Crippen LogP contribution in [0, 0.1) is 0 Å². The van der Waals surface area contributed by atoms with Gasteiger partial charge in [-0.25, -0.2) is 0 Å². The molecular weight excluding hydrogens is 352 g/mol. The molecule has 2 aromatic rings. The molecule has 1 atom stereocenters. The minimum atomic E-state index is 0.0302. The van der Waals surface area contributed by atoms with Crippen LogP contribution >= 0.6 is 0 Å². The molecule has 0 aromatic carbocycles. The molecule has 3 rings (SSSR count). The van der Waals surface area contributed by atoms with Gasteiger partial charge in [0.25, 0.3) is 0 Å². The van der Waals surface area contributed by atoms with Crippen molar-refractivity contribution in [3.05, 3.63) is 47.9 Å². The maximum absolute atomic E-state index is 6.06. The van der Waals surface area contributed by atoms with Crippen LogP contribution in [0.15, 0.2) is 41.7 Å². The molecule has 1 fully saturated rings. The summed E-state index contributed by atoms with van der Waals surface area (Å²) in [6, 6.07) is 6.55. The fourth-order valence-corrected chi connectivity index (χ4v) is 3.37. The van der Waals surface area contributed by atoms with Gasteiger partial charge in [-0.05, 0) is 38.0 Å². The summed E-state index contributed by atoms with van der Waals surface area (Å²) < 4.78 is 1.59. The molecule has 1 aliphatic rings. The molecule has 0 bridgehead atoms. The van der Waals surface area contributed by atoms with Crippen LogP contribution in [-0.4, -0.2) is 51.2 Å². The number of allylic oxidation sites excluding steroid dienone is 1. The lowest BCUT2D eigenvalue weighted by Crippen LogP contribution is -2.44. The Morgan fingerprint density at radius 2 is 2.18 bits per heavy atom. The Balaban J connectivity index is 1.43. The van der Waals surface area contributed by atoms with E-state index in [9.17, 15) is 0 Å². The zero-order valence-corrected chi connectivity index (χ0v) is 16.6. The second-order valence-corrected chi connectivity index (χ2v) is 7.20. The molecule has 0 saturated carbocycles. The van der Waals surface area contributed by atoms with Crippen molar-refractivity contribution in [3.63, 3.8) is 0 Å². The number of piperidine rings is 1. The molecule has 1 aliphatic heterocycles. The molecule has 0 amide bonds. The van der Waals surface area contributed by atoms with Crippen molar-refractivity contribution in [2.45, 2.75) is 38.5 Å². The van der Waals surface area contributed by atoms with Crippen LogP contribution in [-0.2, 0) is 13.6 Å². The summed E-state index contributed by atoms with van der Waals surface area (Å²) in [6.07, 6.45) is 9.26. The van der Waals surface area contributed by atoms with E-state index >= 15 is 0 Å². The molecular formula is C20H30N8. The second-order valence-electron chi connectivity index (χ2n) is 7.20. The molecule has 1 unspecified atom stereocenters. The number of nitrogens with zero attached hydrogens (tertiary/aromatic N) is 5. The lowest BCUT2D eigenvalue weighted by molar-refractivity contribution is 0.184. The Morgan fingerprint density at radius 1 is 1.39 bits per heavy atom. The van der Waals surface area contributed by atoms with E-state index < -0.39 is 0 Å². The number of rotatable bonds is 7. The fourth-order valence-electron chi connectivity index (χ4n) is 3.37. The van der Waals surface area contributed by atoms with E-state index in [0.717, 1.165) is 43.7 Å². The van der Waals surface area contributed by atoms with E-state index in [1.807, 2.05) is 18.3 Å². The van der Waals surface area contributed by atoms with Gasteiger partial charge in [-0.2, -0.15) is 5.10 Å². The summed E-state index contributed by atoms with van der Waals surface area (Å²) in [5, 5.41) is 7.68. The minimum absolute atomic E-state index is 0.0302. The highest BCUT2D eigenvalue weighted by Crippen LogP contribution is 2.16. The number of hydrogen-bond donors (Lipinski definition) is 3. The van der Waals surface area contributed by atoms with Crippen LogP contribution in [0.1, 0.15) is 31.0 Å². The molecule has 3 heterocycles. The first-order valence-electron chi connectivity index (χ1n) is 9.68. The fraction of sp³-hybridized carbons (Fsp3) is 0.450. The molecule has 1 saturated heterocycles. The molecule has 0 spiro atoms. The topological polar surface area (TPSA) is 110 Å². The Labute approximate surface area is 166 Å². The highest BCUT2D eigenvalue weighted by atomic mass is 15.3. The highest BCUT2D eigenvalue weighted by molar-refractivity contribution is 5.85. The minimum Gasteiger partial charge on any atom is -0.398 e. The van der Waals surface area contributed by atoms with Crippen molar-refractivity contribution in [2.75, 3.05) is 18.8 Å². The number of hydrogen-bond acceptors (Lipinski definition) is 7. The maximum Gasteiger partial charge on any atom is 0.130 e. The first-order chi connectivity index (χ1) is 13.5. The normalized spacial score (nSPS) is 18.0. The summed E-state index contributed by atoms with van der Waals surface area (Å²) in [5.41, 5.74) is 14.4. The van der Waals surface area contributed by atoms with Gasteiger partial charge in [0.05, 0.1) is 23.6 Å². The largest absolute Gasteiger partial charge is 0.398 e. The molecule has 8 nitrogen and oxygen atoms in total. The van der Waals surface area contributed by atoms with Gasteiger partial charge in [0.15, 0.2) is 0 Å². The summed E-state index contributed by atoms with van der Waals surface area (Å²) in [5.74, 6) is 0.547. The van der Waals surface area contributed by atoms with Gasteiger partial charge >= 0.3 is 0 Å². The third-order valence-electron chi connectivity index (χ3n) is 5.04. The van der Waals surface area contributed by atoms with Crippen LogP contribution in [0.25, 0.3) is 5.70 Å². The van der Waals surface area contributed by atoms with Crippen molar-refractivity contribution in [3.8, 4) is 0 Å². The van der Waals surface area contributed by atoms with Gasteiger partial charge in [-0.3, -0.25) is 24.9 Å². The quantitative estimate of drug-likeness (QED) is 0.624. The Hall–Kier alpha value is -2.71. The number of nitrogen functional groups attached to an aromatic ring is 1. The third-order valence-corrected chi connectivity index (χ3v) is 5.04. The molecule has 0 aliphatic carbocycles. The van der Waals surface area contributed by atoms with Crippen molar-refractivity contribution < 1.29 is 0 Å². The molecule has 2 aromatic heterocycles. The molecule has 8 heteroatoms. The smallest absolute Gasteiger partial charge is 0.130 e. The number of aliphatic imine (C=N–C) groups is 1.